The first kappa shape index (κ1) is 16.8. The Labute approximate surface area is 146 Å². The van der Waals surface area contributed by atoms with Crippen molar-refractivity contribution in [3.8, 4) is 0 Å². The summed E-state index contributed by atoms with van der Waals surface area (Å²) in [5, 5.41) is 5.36. The summed E-state index contributed by atoms with van der Waals surface area (Å²) in [4.78, 5) is 20.7. The fourth-order valence-electron chi connectivity index (χ4n) is 2.68. The second-order valence-corrected chi connectivity index (χ2v) is 6.67. The van der Waals surface area contributed by atoms with E-state index in [1.165, 1.54) is 16.9 Å². The van der Waals surface area contributed by atoms with Crippen molar-refractivity contribution in [1.82, 2.24) is 14.8 Å². The first-order valence-electron chi connectivity index (χ1n) is 8.15. The van der Waals surface area contributed by atoms with Gasteiger partial charge in [-0.15, -0.1) is 11.3 Å². The van der Waals surface area contributed by atoms with Crippen LogP contribution in [-0.4, -0.2) is 60.0 Å². The van der Waals surface area contributed by atoms with Gasteiger partial charge in [-0.25, -0.2) is 4.98 Å². The zero-order valence-corrected chi connectivity index (χ0v) is 14.4. The van der Waals surface area contributed by atoms with Crippen LogP contribution in [0.5, 0.6) is 0 Å². The molecule has 0 unspecified atom stereocenters. The maximum absolute atomic E-state index is 12.0. The van der Waals surface area contributed by atoms with Gasteiger partial charge in [-0.1, -0.05) is 42.5 Å². The molecule has 1 amide bonds. The predicted molar refractivity (Wildman–Crippen MR) is 99.1 cm³/mol. The number of rotatable bonds is 6. The van der Waals surface area contributed by atoms with Gasteiger partial charge < -0.3 is 5.32 Å². The van der Waals surface area contributed by atoms with Gasteiger partial charge in [0.2, 0.25) is 5.91 Å². The zero-order chi connectivity index (χ0) is 16.6. The molecular weight excluding hydrogens is 320 g/mol. The number of carbonyl (C=O) groups is 1. The summed E-state index contributed by atoms with van der Waals surface area (Å²) in [6.45, 7) is 5.21. The van der Waals surface area contributed by atoms with Gasteiger partial charge in [0.05, 0.1) is 6.54 Å². The highest BCUT2D eigenvalue weighted by atomic mass is 32.1. The molecule has 1 N–H and O–H groups in total. The minimum absolute atomic E-state index is 0.0161. The topological polar surface area (TPSA) is 48.5 Å². The van der Waals surface area contributed by atoms with E-state index >= 15 is 0 Å². The summed E-state index contributed by atoms with van der Waals surface area (Å²) in [6, 6.07) is 10.3. The molecule has 1 aromatic carbocycles. The molecule has 0 atom stereocenters. The minimum atomic E-state index is 0.0161. The van der Waals surface area contributed by atoms with Gasteiger partial charge in [-0.2, -0.15) is 0 Å². The SMILES string of the molecule is O=C(CN1CCN(CC=Cc2ccccc2)CC1)Nc1nccs1. The first-order chi connectivity index (χ1) is 11.8. The lowest BCUT2D eigenvalue weighted by Crippen LogP contribution is -2.48. The Morgan fingerprint density at radius 1 is 1.17 bits per heavy atom. The Kier molecular flexibility index (Phi) is 6.12. The first-order valence-corrected chi connectivity index (χ1v) is 9.03. The average molecular weight is 342 g/mol. The van der Waals surface area contributed by atoms with Crippen molar-refractivity contribution in [2.45, 2.75) is 0 Å². The molecule has 24 heavy (non-hydrogen) atoms. The number of anilines is 1. The highest BCUT2D eigenvalue weighted by molar-refractivity contribution is 7.13. The molecule has 6 heteroatoms. The smallest absolute Gasteiger partial charge is 0.240 e. The van der Waals surface area contributed by atoms with E-state index in [0.29, 0.717) is 11.7 Å². The minimum Gasteiger partial charge on any atom is -0.301 e. The third-order valence-electron chi connectivity index (χ3n) is 3.98. The molecular formula is C18H22N4OS. The van der Waals surface area contributed by atoms with Crippen LogP contribution in [0.25, 0.3) is 6.08 Å². The Morgan fingerprint density at radius 3 is 2.62 bits per heavy atom. The fraction of sp³-hybridized carbons (Fsp3) is 0.333. The molecule has 0 aliphatic carbocycles. The summed E-state index contributed by atoms with van der Waals surface area (Å²) in [7, 11) is 0. The largest absolute Gasteiger partial charge is 0.301 e. The highest BCUT2D eigenvalue weighted by Crippen LogP contribution is 2.10. The molecule has 1 fully saturated rings. The molecule has 2 aromatic rings. The lowest BCUT2D eigenvalue weighted by Gasteiger charge is -2.33. The summed E-state index contributed by atoms with van der Waals surface area (Å²) >= 11 is 1.44. The number of amides is 1. The van der Waals surface area contributed by atoms with Gasteiger partial charge in [0.25, 0.3) is 0 Å². The number of hydrogen-bond acceptors (Lipinski definition) is 5. The van der Waals surface area contributed by atoms with Crippen LogP contribution < -0.4 is 5.32 Å². The number of aromatic nitrogens is 1. The molecule has 126 valence electrons. The molecule has 1 saturated heterocycles. The molecule has 2 heterocycles. The van der Waals surface area contributed by atoms with E-state index in [-0.39, 0.29) is 5.91 Å². The molecule has 1 aliphatic rings. The summed E-state index contributed by atoms with van der Waals surface area (Å²) in [6.07, 6.45) is 6.07. The van der Waals surface area contributed by atoms with E-state index in [1.807, 2.05) is 11.4 Å². The Balaban J connectivity index is 1.36. The van der Waals surface area contributed by atoms with Gasteiger partial charge in [0, 0.05) is 44.3 Å². The second-order valence-electron chi connectivity index (χ2n) is 5.78. The summed E-state index contributed by atoms with van der Waals surface area (Å²) in [5.74, 6) is 0.0161. The number of nitrogens with zero attached hydrogens (tertiary/aromatic N) is 3. The van der Waals surface area contributed by atoms with Crippen LogP contribution >= 0.6 is 11.3 Å². The van der Waals surface area contributed by atoms with Crippen LogP contribution in [-0.2, 0) is 4.79 Å². The maximum atomic E-state index is 12.0. The van der Waals surface area contributed by atoms with Crippen molar-refractivity contribution in [3.63, 3.8) is 0 Å². The molecule has 1 aromatic heterocycles. The number of nitrogens with one attached hydrogen (secondary N) is 1. The van der Waals surface area contributed by atoms with E-state index in [4.69, 9.17) is 0 Å². The molecule has 0 bridgehead atoms. The molecule has 5 nitrogen and oxygen atoms in total. The van der Waals surface area contributed by atoms with Crippen LogP contribution in [0.4, 0.5) is 5.13 Å². The van der Waals surface area contributed by atoms with Crippen LogP contribution in [0.15, 0.2) is 48.0 Å². The van der Waals surface area contributed by atoms with E-state index in [2.05, 4.69) is 56.5 Å². The molecule has 0 radical (unpaired) electrons. The summed E-state index contributed by atoms with van der Waals surface area (Å²) in [5.41, 5.74) is 1.23. The van der Waals surface area contributed by atoms with Crippen molar-refractivity contribution < 1.29 is 4.79 Å². The number of benzene rings is 1. The Bertz CT molecular complexity index is 649. The van der Waals surface area contributed by atoms with Crippen LogP contribution in [0.2, 0.25) is 0 Å². The van der Waals surface area contributed by atoms with Crippen molar-refractivity contribution in [3.05, 3.63) is 53.5 Å². The number of thiazole rings is 1. The monoisotopic (exact) mass is 342 g/mol. The highest BCUT2D eigenvalue weighted by Gasteiger charge is 2.18. The van der Waals surface area contributed by atoms with Gasteiger partial charge in [0.1, 0.15) is 0 Å². The predicted octanol–water partition coefficient (Wildman–Crippen LogP) is 2.41. The number of piperazine rings is 1. The molecule has 3 rings (SSSR count). The van der Waals surface area contributed by atoms with Crippen LogP contribution in [0.1, 0.15) is 5.56 Å². The van der Waals surface area contributed by atoms with Gasteiger partial charge >= 0.3 is 0 Å². The van der Waals surface area contributed by atoms with Gasteiger partial charge in [0.15, 0.2) is 5.13 Å². The maximum Gasteiger partial charge on any atom is 0.240 e. The lowest BCUT2D eigenvalue weighted by atomic mass is 10.2. The van der Waals surface area contributed by atoms with Crippen molar-refractivity contribution in [2.75, 3.05) is 44.6 Å². The van der Waals surface area contributed by atoms with Crippen molar-refractivity contribution in [1.29, 1.82) is 0 Å². The van der Waals surface area contributed by atoms with Crippen LogP contribution in [0, 0.1) is 0 Å². The normalized spacial score (nSPS) is 16.5. The second kappa shape index (κ2) is 8.73. The van der Waals surface area contributed by atoms with E-state index in [9.17, 15) is 4.79 Å². The van der Waals surface area contributed by atoms with Gasteiger partial charge in [-0.05, 0) is 5.56 Å². The number of hydrogen-bond donors (Lipinski definition) is 1. The quantitative estimate of drug-likeness (QED) is 0.876. The van der Waals surface area contributed by atoms with Crippen molar-refractivity contribution >= 4 is 28.5 Å². The molecule has 1 aliphatic heterocycles. The van der Waals surface area contributed by atoms with Crippen molar-refractivity contribution in [2.24, 2.45) is 0 Å². The van der Waals surface area contributed by atoms with E-state index in [0.717, 1.165) is 32.7 Å². The fourth-order valence-corrected chi connectivity index (χ4v) is 3.22. The van der Waals surface area contributed by atoms with Crippen LogP contribution in [0.3, 0.4) is 0 Å². The Hall–Kier alpha value is -2.02. The average Bonchev–Trinajstić information content (AvgIpc) is 3.10. The lowest BCUT2D eigenvalue weighted by molar-refractivity contribution is -0.117. The Morgan fingerprint density at radius 2 is 1.92 bits per heavy atom. The standard InChI is InChI=1S/C18H22N4OS/c23-17(20-18-19-8-14-24-18)15-22-12-10-21(11-13-22)9-4-7-16-5-2-1-3-6-16/h1-8,14H,9-13,15H2,(H,19,20,23). The molecule has 0 saturated carbocycles. The number of carbonyl (C=O) groups excluding carboxylic acids is 1. The van der Waals surface area contributed by atoms with E-state index in [1.54, 1.807) is 6.20 Å². The zero-order valence-electron chi connectivity index (χ0n) is 13.6. The van der Waals surface area contributed by atoms with Gasteiger partial charge in [-0.3, -0.25) is 14.6 Å². The third-order valence-corrected chi connectivity index (χ3v) is 4.67. The molecule has 0 spiro atoms. The third kappa shape index (κ3) is 5.26. The summed E-state index contributed by atoms with van der Waals surface area (Å²) < 4.78 is 0. The van der Waals surface area contributed by atoms with E-state index < -0.39 is 0 Å².